The molecule has 2 aromatic heterocycles. The van der Waals surface area contributed by atoms with E-state index in [1.165, 1.54) is 0 Å². The van der Waals surface area contributed by atoms with Crippen LogP contribution >= 0.6 is 0 Å². The maximum Gasteiger partial charge on any atom is 0.226 e. The lowest BCUT2D eigenvalue weighted by Crippen LogP contribution is -2.11. The van der Waals surface area contributed by atoms with Gasteiger partial charge in [-0.3, -0.25) is 0 Å². The van der Waals surface area contributed by atoms with Crippen LogP contribution < -0.4 is 29.6 Å². The van der Waals surface area contributed by atoms with Crippen molar-refractivity contribution in [3.8, 4) is 23.0 Å². The molecule has 182 valence electrons. The third kappa shape index (κ3) is 6.00. The van der Waals surface area contributed by atoms with Gasteiger partial charge in [-0.1, -0.05) is 0 Å². The second kappa shape index (κ2) is 11.2. The van der Waals surface area contributed by atoms with Crippen LogP contribution in [-0.4, -0.2) is 49.9 Å². The third-order valence-corrected chi connectivity index (χ3v) is 5.45. The summed E-state index contributed by atoms with van der Waals surface area (Å²) in [5.41, 5.74) is 2.69. The molecule has 0 amide bonds. The zero-order valence-electron chi connectivity index (χ0n) is 20.3. The summed E-state index contributed by atoms with van der Waals surface area (Å²) in [4.78, 5) is 13.7. The van der Waals surface area contributed by atoms with Gasteiger partial charge in [0.15, 0.2) is 5.65 Å². The Balaban J connectivity index is 1.51. The first kappa shape index (κ1) is 23.9. The fourth-order valence-corrected chi connectivity index (χ4v) is 3.66. The van der Waals surface area contributed by atoms with E-state index in [0.29, 0.717) is 30.5 Å². The molecule has 35 heavy (non-hydrogen) atoms. The molecule has 0 fully saturated rings. The average Bonchev–Trinajstić information content (AvgIpc) is 2.91. The molecule has 4 rings (SSSR count). The number of fused-ring (bicyclic) bond motifs is 1. The lowest BCUT2D eigenvalue weighted by molar-refractivity contribution is 0.393. The first-order valence-electron chi connectivity index (χ1n) is 11.2. The molecule has 9 nitrogen and oxygen atoms in total. The van der Waals surface area contributed by atoms with Crippen LogP contribution in [0, 0.1) is 0 Å². The summed E-state index contributed by atoms with van der Waals surface area (Å²) in [5.74, 6) is 4.16. The zero-order valence-corrected chi connectivity index (χ0v) is 20.3. The number of benzene rings is 2. The Morgan fingerprint density at radius 1 is 0.714 bits per heavy atom. The van der Waals surface area contributed by atoms with Crippen LogP contribution in [0.4, 0.5) is 11.8 Å². The van der Waals surface area contributed by atoms with Crippen molar-refractivity contribution >= 4 is 22.8 Å². The lowest BCUT2D eigenvalue weighted by atomic mass is 10.1. The number of hydrogen-bond donors (Lipinski definition) is 2. The molecule has 9 heteroatoms. The molecule has 0 saturated carbocycles. The van der Waals surface area contributed by atoms with Crippen LogP contribution in [0.15, 0.2) is 54.7 Å². The maximum atomic E-state index is 5.38. The smallest absolute Gasteiger partial charge is 0.226 e. The largest absolute Gasteiger partial charge is 0.497 e. The van der Waals surface area contributed by atoms with E-state index in [9.17, 15) is 0 Å². The minimum atomic E-state index is 0.497. The minimum Gasteiger partial charge on any atom is -0.497 e. The van der Waals surface area contributed by atoms with Crippen LogP contribution in [-0.2, 0) is 13.0 Å². The Morgan fingerprint density at radius 2 is 1.31 bits per heavy atom. The quantitative estimate of drug-likeness (QED) is 0.328. The van der Waals surface area contributed by atoms with Crippen molar-refractivity contribution in [1.82, 2.24) is 15.0 Å². The summed E-state index contributed by atoms with van der Waals surface area (Å²) < 4.78 is 21.5. The van der Waals surface area contributed by atoms with Crippen LogP contribution in [0.3, 0.4) is 0 Å². The number of nitrogens with one attached hydrogen (secondary N) is 2. The highest BCUT2D eigenvalue weighted by molar-refractivity contribution is 5.87. The third-order valence-electron chi connectivity index (χ3n) is 5.45. The average molecular weight is 476 g/mol. The number of aromatic nitrogens is 3. The minimum absolute atomic E-state index is 0.497. The van der Waals surface area contributed by atoms with Crippen molar-refractivity contribution in [1.29, 1.82) is 0 Å². The molecule has 0 radical (unpaired) electrons. The van der Waals surface area contributed by atoms with Crippen molar-refractivity contribution in [3.63, 3.8) is 0 Å². The Hall–Kier alpha value is -4.27. The summed E-state index contributed by atoms with van der Waals surface area (Å²) in [7, 11) is 6.55. The molecular formula is C26H29N5O4. The SMILES string of the molecule is COc1cc(CCNc2nc(NCc3cc(OC)cc(OC)c3)c3cccnc3n2)cc(OC)c1. The highest BCUT2D eigenvalue weighted by atomic mass is 16.5. The summed E-state index contributed by atoms with van der Waals surface area (Å²) in [5, 5.41) is 7.56. The Bertz CT molecular complexity index is 1250. The second-order valence-electron chi connectivity index (χ2n) is 7.74. The number of rotatable bonds is 11. The molecule has 2 heterocycles. The van der Waals surface area contributed by atoms with Gasteiger partial charge in [-0.15, -0.1) is 0 Å². The predicted octanol–water partition coefficient (Wildman–Crippen LogP) is 4.33. The number of hydrogen-bond acceptors (Lipinski definition) is 9. The summed E-state index contributed by atoms with van der Waals surface area (Å²) in [6, 6.07) is 15.4. The van der Waals surface area contributed by atoms with Gasteiger partial charge in [0.2, 0.25) is 5.95 Å². The van der Waals surface area contributed by atoms with Gasteiger partial charge in [-0.2, -0.15) is 9.97 Å². The van der Waals surface area contributed by atoms with Gasteiger partial charge < -0.3 is 29.6 Å². The van der Waals surface area contributed by atoms with Crippen LogP contribution in [0.2, 0.25) is 0 Å². The van der Waals surface area contributed by atoms with Crippen LogP contribution in [0.25, 0.3) is 11.0 Å². The van der Waals surface area contributed by atoms with Crippen molar-refractivity contribution in [2.75, 3.05) is 45.6 Å². The Kier molecular flexibility index (Phi) is 7.67. The topological polar surface area (TPSA) is 99.7 Å². The molecule has 0 atom stereocenters. The van der Waals surface area contributed by atoms with Gasteiger partial charge in [0.1, 0.15) is 28.8 Å². The Labute approximate surface area is 204 Å². The van der Waals surface area contributed by atoms with E-state index in [4.69, 9.17) is 23.9 Å². The van der Waals surface area contributed by atoms with E-state index >= 15 is 0 Å². The highest BCUT2D eigenvalue weighted by Crippen LogP contribution is 2.26. The number of ether oxygens (including phenoxy) is 4. The standard InChI is InChI=1S/C26H29N5O4/c1-32-19-10-17(11-20(14-19)33-2)7-9-28-26-30-24-23(6-5-8-27-24)25(31-26)29-16-18-12-21(34-3)15-22(13-18)35-4/h5-6,8,10-15H,7,9,16H2,1-4H3,(H2,27,28,29,30,31). The fraction of sp³-hybridized carbons (Fsp3) is 0.269. The lowest BCUT2D eigenvalue weighted by Gasteiger charge is -2.13. The van der Waals surface area contributed by atoms with E-state index in [1.54, 1.807) is 34.6 Å². The molecule has 2 aromatic carbocycles. The predicted molar refractivity (Wildman–Crippen MR) is 136 cm³/mol. The fourth-order valence-electron chi connectivity index (χ4n) is 3.66. The van der Waals surface area contributed by atoms with Crippen LogP contribution in [0.1, 0.15) is 11.1 Å². The van der Waals surface area contributed by atoms with Crippen molar-refractivity contribution in [2.24, 2.45) is 0 Å². The molecule has 0 spiro atoms. The highest BCUT2D eigenvalue weighted by Gasteiger charge is 2.10. The van der Waals surface area contributed by atoms with E-state index in [2.05, 4.69) is 20.6 Å². The maximum absolute atomic E-state index is 5.38. The number of anilines is 2. The normalized spacial score (nSPS) is 10.6. The van der Waals surface area contributed by atoms with Crippen molar-refractivity contribution in [2.45, 2.75) is 13.0 Å². The molecule has 0 unspecified atom stereocenters. The molecule has 4 aromatic rings. The molecule has 0 saturated heterocycles. The molecule has 0 aliphatic rings. The number of pyridine rings is 1. The van der Waals surface area contributed by atoms with E-state index in [0.717, 1.165) is 45.9 Å². The first-order chi connectivity index (χ1) is 17.1. The summed E-state index contributed by atoms with van der Waals surface area (Å²) in [6.45, 7) is 1.15. The van der Waals surface area contributed by atoms with E-state index < -0.39 is 0 Å². The van der Waals surface area contributed by atoms with Gasteiger partial charge in [-0.25, -0.2) is 4.98 Å². The first-order valence-corrected chi connectivity index (χ1v) is 11.2. The van der Waals surface area contributed by atoms with E-state index in [1.807, 2.05) is 48.5 Å². The van der Waals surface area contributed by atoms with Gasteiger partial charge in [0.05, 0.1) is 33.8 Å². The van der Waals surface area contributed by atoms with Gasteiger partial charge >= 0.3 is 0 Å². The molecule has 0 aliphatic heterocycles. The summed E-state index contributed by atoms with van der Waals surface area (Å²) >= 11 is 0. The van der Waals surface area contributed by atoms with Gasteiger partial charge in [0, 0.05) is 31.4 Å². The molecule has 2 N–H and O–H groups in total. The zero-order chi connectivity index (χ0) is 24.6. The monoisotopic (exact) mass is 475 g/mol. The van der Waals surface area contributed by atoms with Crippen molar-refractivity contribution in [3.05, 3.63) is 65.9 Å². The molecular weight excluding hydrogens is 446 g/mol. The van der Waals surface area contributed by atoms with Crippen molar-refractivity contribution < 1.29 is 18.9 Å². The van der Waals surface area contributed by atoms with E-state index in [-0.39, 0.29) is 0 Å². The van der Waals surface area contributed by atoms with Gasteiger partial charge in [-0.05, 0) is 53.9 Å². The van der Waals surface area contributed by atoms with Gasteiger partial charge in [0.25, 0.3) is 0 Å². The number of nitrogens with zero attached hydrogens (tertiary/aromatic N) is 3. The van der Waals surface area contributed by atoms with Crippen LogP contribution in [0.5, 0.6) is 23.0 Å². The molecule has 0 aliphatic carbocycles. The molecule has 0 bridgehead atoms. The summed E-state index contributed by atoms with van der Waals surface area (Å²) in [6.07, 6.45) is 2.46. The number of methoxy groups -OCH3 is 4. The Morgan fingerprint density at radius 3 is 1.91 bits per heavy atom. The second-order valence-corrected chi connectivity index (χ2v) is 7.74.